The number of hydrogen-bond donors (Lipinski definition) is 1. The summed E-state index contributed by atoms with van der Waals surface area (Å²) < 4.78 is 9.65. The van der Waals surface area contributed by atoms with Crippen molar-refractivity contribution in [1.29, 1.82) is 0 Å². The van der Waals surface area contributed by atoms with Gasteiger partial charge in [0, 0.05) is 6.54 Å². The van der Waals surface area contributed by atoms with Crippen molar-refractivity contribution in [3.05, 3.63) is 29.8 Å². The third kappa shape index (κ3) is 3.65. The first-order valence-corrected chi connectivity index (χ1v) is 6.91. The van der Waals surface area contributed by atoms with Crippen LogP contribution in [0, 0.1) is 0 Å². The molecule has 1 aromatic carbocycles. The van der Waals surface area contributed by atoms with Gasteiger partial charge in [-0.3, -0.25) is 4.79 Å². The summed E-state index contributed by atoms with van der Waals surface area (Å²) in [4.78, 5) is 25.0. The maximum absolute atomic E-state index is 12.2. The zero-order chi connectivity index (χ0) is 15.2. The third-order valence-corrected chi connectivity index (χ3v) is 3.63. The summed E-state index contributed by atoms with van der Waals surface area (Å²) in [5, 5.41) is 2.59. The summed E-state index contributed by atoms with van der Waals surface area (Å²) in [6, 6.07) is 7.51. The van der Waals surface area contributed by atoms with Crippen molar-refractivity contribution in [1.82, 2.24) is 10.2 Å². The summed E-state index contributed by atoms with van der Waals surface area (Å²) in [6.45, 7) is 0.574. The summed E-state index contributed by atoms with van der Waals surface area (Å²) in [5.74, 6) is 0.335. The number of likely N-dealkylation sites (tertiary alicyclic amines) is 1. The van der Waals surface area contributed by atoms with Crippen molar-refractivity contribution < 1.29 is 19.1 Å². The second-order valence-corrected chi connectivity index (χ2v) is 4.86. The molecule has 1 aliphatic rings. The molecule has 21 heavy (non-hydrogen) atoms. The van der Waals surface area contributed by atoms with E-state index in [1.54, 1.807) is 12.0 Å². The molecule has 1 unspecified atom stereocenters. The molecule has 0 aromatic heterocycles. The van der Waals surface area contributed by atoms with Crippen LogP contribution in [-0.4, -0.2) is 44.2 Å². The van der Waals surface area contributed by atoms with E-state index in [4.69, 9.17) is 4.74 Å². The van der Waals surface area contributed by atoms with Gasteiger partial charge in [0.15, 0.2) is 0 Å². The van der Waals surface area contributed by atoms with Crippen LogP contribution in [0.15, 0.2) is 24.3 Å². The molecule has 1 saturated heterocycles. The lowest BCUT2D eigenvalue weighted by atomic mass is 10.0. The second-order valence-electron chi connectivity index (χ2n) is 4.86. The average molecular weight is 292 g/mol. The highest BCUT2D eigenvalue weighted by Gasteiger charge is 2.30. The lowest BCUT2D eigenvalue weighted by Gasteiger charge is -2.25. The van der Waals surface area contributed by atoms with Gasteiger partial charge < -0.3 is 19.7 Å². The van der Waals surface area contributed by atoms with Crippen LogP contribution in [0.4, 0.5) is 4.79 Å². The van der Waals surface area contributed by atoms with E-state index < -0.39 is 5.97 Å². The van der Waals surface area contributed by atoms with Gasteiger partial charge in [-0.2, -0.15) is 0 Å². The van der Waals surface area contributed by atoms with Gasteiger partial charge in [0.2, 0.25) is 0 Å². The number of esters is 1. The number of benzene rings is 1. The van der Waals surface area contributed by atoms with Gasteiger partial charge in [-0.1, -0.05) is 12.1 Å². The number of carbonyl (C=O) groups excluding carboxylic acids is 2. The van der Waals surface area contributed by atoms with Crippen LogP contribution < -0.4 is 10.1 Å². The Morgan fingerprint density at radius 3 is 2.62 bits per heavy atom. The molecule has 6 heteroatoms. The topological polar surface area (TPSA) is 67.9 Å². The molecule has 1 fully saturated rings. The number of rotatable bonds is 4. The van der Waals surface area contributed by atoms with Crippen LogP contribution >= 0.6 is 0 Å². The number of carbonyl (C=O) groups is 2. The minimum Gasteiger partial charge on any atom is -0.497 e. The largest absolute Gasteiger partial charge is 0.497 e. The summed E-state index contributed by atoms with van der Waals surface area (Å²) in [7, 11) is 2.92. The monoisotopic (exact) mass is 292 g/mol. The van der Waals surface area contributed by atoms with Crippen LogP contribution in [0.25, 0.3) is 0 Å². The molecule has 0 saturated carbocycles. The number of nitrogens with one attached hydrogen (secondary N) is 1. The number of methoxy groups -OCH3 is 2. The highest BCUT2D eigenvalue weighted by atomic mass is 16.5. The molecule has 1 aliphatic heterocycles. The predicted molar refractivity (Wildman–Crippen MR) is 77.1 cm³/mol. The molecule has 0 spiro atoms. The number of ether oxygens (including phenoxy) is 2. The van der Waals surface area contributed by atoms with Crippen LogP contribution in [0.1, 0.15) is 24.4 Å². The number of urea groups is 1. The molecule has 114 valence electrons. The molecular formula is C15H20N2O4. The molecule has 1 atom stereocenters. The average Bonchev–Trinajstić information content (AvgIpc) is 3.01. The Hall–Kier alpha value is -2.24. The van der Waals surface area contributed by atoms with E-state index in [0.29, 0.717) is 6.54 Å². The zero-order valence-electron chi connectivity index (χ0n) is 12.3. The zero-order valence-corrected chi connectivity index (χ0v) is 12.3. The Labute approximate surface area is 124 Å². The van der Waals surface area contributed by atoms with Crippen LogP contribution in [-0.2, 0) is 9.53 Å². The normalized spacial score (nSPS) is 17.4. The van der Waals surface area contributed by atoms with Crippen LogP contribution in [0.3, 0.4) is 0 Å². The minimum atomic E-state index is -0.455. The summed E-state index contributed by atoms with van der Waals surface area (Å²) >= 11 is 0. The fraction of sp³-hybridized carbons (Fsp3) is 0.467. The fourth-order valence-electron chi connectivity index (χ4n) is 2.50. The van der Waals surface area contributed by atoms with E-state index >= 15 is 0 Å². The van der Waals surface area contributed by atoms with Crippen molar-refractivity contribution >= 4 is 12.0 Å². The van der Waals surface area contributed by atoms with Gasteiger partial charge in [0.1, 0.15) is 12.3 Å². The molecule has 0 radical (unpaired) electrons. The van der Waals surface area contributed by atoms with E-state index in [1.807, 2.05) is 24.3 Å². The van der Waals surface area contributed by atoms with E-state index in [0.717, 1.165) is 24.2 Å². The van der Waals surface area contributed by atoms with Crippen molar-refractivity contribution in [2.24, 2.45) is 0 Å². The molecule has 1 aromatic rings. The fourth-order valence-corrected chi connectivity index (χ4v) is 2.50. The van der Waals surface area contributed by atoms with Crippen LogP contribution in [0.2, 0.25) is 0 Å². The SMILES string of the molecule is COC(=O)CNC(=O)N1CCCC1c1ccc(OC)cc1. The molecule has 0 bridgehead atoms. The maximum Gasteiger partial charge on any atom is 0.325 e. The first-order chi connectivity index (χ1) is 10.2. The molecule has 0 aliphatic carbocycles. The van der Waals surface area contributed by atoms with Gasteiger partial charge >= 0.3 is 12.0 Å². The quantitative estimate of drug-likeness (QED) is 0.858. The van der Waals surface area contributed by atoms with Gasteiger partial charge in [-0.15, -0.1) is 0 Å². The summed E-state index contributed by atoms with van der Waals surface area (Å²) in [5.41, 5.74) is 1.07. The third-order valence-electron chi connectivity index (χ3n) is 3.63. The Balaban J connectivity index is 2.01. The lowest BCUT2D eigenvalue weighted by molar-refractivity contribution is -0.139. The maximum atomic E-state index is 12.2. The Morgan fingerprint density at radius 2 is 2.00 bits per heavy atom. The first kappa shape index (κ1) is 15.2. The standard InChI is InChI=1S/C15H20N2O4/c1-20-12-7-5-11(6-8-12)13-4-3-9-17(13)15(19)16-10-14(18)21-2/h5-8,13H,3-4,9-10H2,1-2H3,(H,16,19). The van der Waals surface area contributed by atoms with E-state index in [-0.39, 0.29) is 18.6 Å². The van der Waals surface area contributed by atoms with E-state index in [1.165, 1.54) is 7.11 Å². The van der Waals surface area contributed by atoms with Gasteiger partial charge in [-0.05, 0) is 30.5 Å². The second kappa shape index (κ2) is 6.97. The number of nitrogens with zero attached hydrogens (tertiary/aromatic N) is 1. The number of amides is 2. The smallest absolute Gasteiger partial charge is 0.325 e. The molecule has 1 heterocycles. The molecule has 2 amide bonds. The Bertz CT molecular complexity index is 501. The number of hydrogen-bond acceptors (Lipinski definition) is 4. The van der Waals surface area contributed by atoms with E-state index in [9.17, 15) is 9.59 Å². The molecule has 1 N–H and O–H groups in total. The molecule has 2 rings (SSSR count). The van der Waals surface area contributed by atoms with Gasteiger partial charge in [0.25, 0.3) is 0 Å². The van der Waals surface area contributed by atoms with Crippen LogP contribution in [0.5, 0.6) is 5.75 Å². The summed E-state index contributed by atoms with van der Waals surface area (Å²) in [6.07, 6.45) is 1.86. The van der Waals surface area contributed by atoms with Crippen molar-refractivity contribution in [2.75, 3.05) is 27.3 Å². The van der Waals surface area contributed by atoms with Gasteiger partial charge in [-0.25, -0.2) is 4.79 Å². The lowest BCUT2D eigenvalue weighted by Crippen LogP contribution is -2.41. The first-order valence-electron chi connectivity index (χ1n) is 6.91. The molecule has 6 nitrogen and oxygen atoms in total. The van der Waals surface area contributed by atoms with Crippen molar-refractivity contribution in [3.63, 3.8) is 0 Å². The van der Waals surface area contributed by atoms with E-state index in [2.05, 4.69) is 10.1 Å². The Kier molecular flexibility index (Phi) is 5.03. The van der Waals surface area contributed by atoms with Crippen molar-refractivity contribution in [2.45, 2.75) is 18.9 Å². The van der Waals surface area contributed by atoms with Crippen molar-refractivity contribution in [3.8, 4) is 5.75 Å². The van der Waals surface area contributed by atoms with Gasteiger partial charge in [0.05, 0.1) is 20.3 Å². The highest BCUT2D eigenvalue weighted by Crippen LogP contribution is 2.32. The predicted octanol–water partition coefficient (Wildman–Crippen LogP) is 1.71. The Morgan fingerprint density at radius 1 is 1.29 bits per heavy atom. The highest BCUT2D eigenvalue weighted by molar-refractivity contribution is 5.81. The molecular weight excluding hydrogens is 272 g/mol. The minimum absolute atomic E-state index is 0.0357.